The Morgan fingerprint density at radius 2 is 2.21 bits per heavy atom. The largest absolute Gasteiger partial charge is 0.336 e. The Kier molecular flexibility index (Phi) is 2.96. The van der Waals surface area contributed by atoms with Gasteiger partial charge in [0.05, 0.1) is 28.8 Å². The van der Waals surface area contributed by atoms with Crippen LogP contribution in [0.3, 0.4) is 0 Å². The van der Waals surface area contributed by atoms with E-state index in [1.54, 1.807) is 12.4 Å². The second kappa shape index (κ2) is 5.17. The van der Waals surface area contributed by atoms with Crippen molar-refractivity contribution in [1.29, 1.82) is 0 Å². The lowest BCUT2D eigenvalue weighted by Gasteiger charge is -2.25. The number of anilines is 2. The highest BCUT2D eigenvalue weighted by Crippen LogP contribution is 2.35. The highest BCUT2D eigenvalue weighted by Gasteiger charge is 2.24. The first-order chi connectivity index (χ1) is 11.8. The Labute approximate surface area is 142 Å². The first kappa shape index (κ1) is 13.7. The summed E-state index contributed by atoms with van der Waals surface area (Å²) in [5, 5.41) is 16.3. The zero-order valence-electron chi connectivity index (χ0n) is 12.7. The molecule has 1 fully saturated rings. The van der Waals surface area contributed by atoms with Crippen LogP contribution in [0.15, 0.2) is 30.6 Å². The van der Waals surface area contributed by atoms with Crippen LogP contribution in [0, 0.1) is 0 Å². The molecule has 7 nitrogen and oxygen atoms in total. The summed E-state index contributed by atoms with van der Waals surface area (Å²) in [5.41, 5.74) is 3.30. The van der Waals surface area contributed by atoms with Crippen LogP contribution in [0.1, 0.15) is 25.3 Å². The van der Waals surface area contributed by atoms with Crippen molar-refractivity contribution in [3.63, 3.8) is 0 Å². The van der Waals surface area contributed by atoms with Crippen molar-refractivity contribution in [3.05, 3.63) is 35.7 Å². The molecule has 2 N–H and O–H groups in total. The van der Waals surface area contributed by atoms with Gasteiger partial charge >= 0.3 is 0 Å². The Hall–Kier alpha value is -2.67. The van der Waals surface area contributed by atoms with E-state index in [1.165, 1.54) is 6.42 Å². The molecule has 0 aromatic carbocycles. The summed E-state index contributed by atoms with van der Waals surface area (Å²) < 4.78 is 1.95. The number of fused-ring (bicyclic) bond motifs is 2. The molecule has 4 aromatic rings. The van der Waals surface area contributed by atoms with E-state index in [0.717, 1.165) is 40.6 Å². The fraction of sp³-hybridized carbons (Fsp3) is 0.250. The van der Waals surface area contributed by atoms with E-state index in [-0.39, 0.29) is 0 Å². The van der Waals surface area contributed by atoms with Crippen molar-refractivity contribution in [2.75, 3.05) is 5.32 Å². The molecule has 24 heavy (non-hydrogen) atoms. The monoisotopic (exact) mass is 339 g/mol. The lowest BCUT2D eigenvalue weighted by atomic mass is 9.93. The van der Waals surface area contributed by atoms with Gasteiger partial charge < -0.3 is 5.32 Å². The van der Waals surface area contributed by atoms with E-state index < -0.39 is 0 Å². The summed E-state index contributed by atoms with van der Waals surface area (Å²) in [4.78, 5) is 8.90. The molecule has 4 aromatic heterocycles. The Balaban J connectivity index is 1.54. The van der Waals surface area contributed by atoms with Gasteiger partial charge in [-0.05, 0) is 37.5 Å². The summed E-state index contributed by atoms with van der Waals surface area (Å²) in [6, 6.07) is 6.18. The first-order valence-corrected chi connectivity index (χ1v) is 8.27. The minimum Gasteiger partial charge on any atom is -0.336 e. The molecule has 8 heteroatoms. The molecule has 1 aliphatic carbocycles. The molecule has 1 aliphatic rings. The van der Waals surface area contributed by atoms with Crippen LogP contribution in [0.5, 0.6) is 0 Å². The fourth-order valence-corrected chi connectivity index (χ4v) is 3.24. The fourth-order valence-electron chi connectivity index (χ4n) is 3.02. The SMILES string of the molecule is Clc1nn(C2CCC2)c2ncc(Nc3n[nH]c4cccnc34)cc12. The third-order valence-electron chi connectivity index (χ3n) is 4.50. The van der Waals surface area contributed by atoms with Crippen LogP contribution >= 0.6 is 11.6 Å². The number of hydrogen-bond acceptors (Lipinski definition) is 5. The minimum absolute atomic E-state index is 0.422. The van der Waals surface area contributed by atoms with Gasteiger partial charge in [-0.2, -0.15) is 10.2 Å². The third kappa shape index (κ3) is 2.05. The molecule has 0 radical (unpaired) electrons. The van der Waals surface area contributed by atoms with Crippen molar-refractivity contribution < 1.29 is 0 Å². The summed E-state index contributed by atoms with van der Waals surface area (Å²) in [6.45, 7) is 0. The van der Waals surface area contributed by atoms with Crippen LogP contribution in [-0.2, 0) is 0 Å². The van der Waals surface area contributed by atoms with Gasteiger partial charge in [0.15, 0.2) is 16.6 Å². The molecule has 0 unspecified atom stereocenters. The number of hydrogen-bond donors (Lipinski definition) is 2. The number of aromatic amines is 1. The Bertz CT molecular complexity index is 1050. The van der Waals surface area contributed by atoms with E-state index in [4.69, 9.17) is 11.6 Å². The number of nitrogens with zero attached hydrogens (tertiary/aromatic N) is 5. The summed E-state index contributed by atoms with van der Waals surface area (Å²) in [5.74, 6) is 0.661. The second-order valence-electron chi connectivity index (χ2n) is 6.01. The van der Waals surface area contributed by atoms with Gasteiger partial charge in [-0.25, -0.2) is 9.67 Å². The highest BCUT2D eigenvalue weighted by atomic mass is 35.5. The molecule has 1 saturated carbocycles. The minimum atomic E-state index is 0.422. The molecular formula is C16H14ClN7. The van der Waals surface area contributed by atoms with E-state index >= 15 is 0 Å². The van der Waals surface area contributed by atoms with Crippen molar-refractivity contribution in [2.45, 2.75) is 25.3 Å². The van der Waals surface area contributed by atoms with Crippen molar-refractivity contribution >= 4 is 45.2 Å². The molecule has 4 heterocycles. The number of H-pyrrole nitrogens is 1. The van der Waals surface area contributed by atoms with E-state index in [1.807, 2.05) is 22.9 Å². The van der Waals surface area contributed by atoms with E-state index in [0.29, 0.717) is 17.0 Å². The Morgan fingerprint density at radius 3 is 3.04 bits per heavy atom. The predicted octanol–water partition coefficient (Wildman–Crippen LogP) is 3.82. The number of halogens is 1. The van der Waals surface area contributed by atoms with Crippen molar-refractivity contribution in [2.24, 2.45) is 0 Å². The molecule has 120 valence electrons. The number of nitrogens with one attached hydrogen (secondary N) is 2. The maximum Gasteiger partial charge on any atom is 0.178 e. The second-order valence-corrected chi connectivity index (χ2v) is 6.37. The van der Waals surface area contributed by atoms with Gasteiger partial charge in [0.25, 0.3) is 0 Å². The third-order valence-corrected chi connectivity index (χ3v) is 4.78. The van der Waals surface area contributed by atoms with Crippen molar-refractivity contribution in [1.82, 2.24) is 29.9 Å². The number of rotatable bonds is 3. The van der Waals surface area contributed by atoms with E-state index in [2.05, 4.69) is 30.6 Å². The average Bonchev–Trinajstić information content (AvgIpc) is 3.09. The normalized spacial score (nSPS) is 15.0. The number of aromatic nitrogens is 6. The van der Waals surface area contributed by atoms with Crippen molar-refractivity contribution in [3.8, 4) is 0 Å². The molecule has 0 amide bonds. The van der Waals surface area contributed by atoms with Crippen LogP contribution < -0.4 is 5.32 Å². The number of pyridine rings is 2. The smallest absolute Gasteiger partial charge is 0.178 e. The molecule has 5 rings (SSSR count). The molecule has 0 atom stereocenters. The zero-order chi connectivity index (χ0) is 16.1. The van der Waals surface area contributed by atoms with Crippen LogP contribution in [-0.4, -0.2) is 29.9 Å². The van der Waals surface area contributed by atoms with Gasteiger partial charge in [0.1, 0.15) is 5.52 Å². The quantitative estimate of drug-likeness (QED) is 0.592. The zero-order valence-corrected chi connectivity index (χ0v) is 13.5. The first-order valence-electron chi connectivity index (χ1n) is 7.89. The standard InChI is InChI=1S/C16H14ClN7/c17-14-11-7-9(8-19-16(11)24(23-14)10-3-1-4-10)20-15-13-12(21-22-15)5-2-6-18-13/h2,5-8,10H,1,3-4H2,(H2,20,21,22). The van der Waals surface area contributed by atoms with Crippen LogP contribution in [0.25, 0.3) is 22.1 Å². The average molecular weight is 340 g/mol. The van der Waals surface area contributed by atoms with Gasteiger partial charge in [-0.1, -0.05) is 11.6 Å². The lowest BCUT2D eigenvalue weighted by molar-refractivity contribution is 0.296. The predicted molar refractivity (Wildman–Crippen MR) is 92.6 cm³/mol. The molecular weight excluding hydrogens is 326 g/mol. The highest BCUT2D eigenvalue weighted by molar-refractivity contribution is 6.34. The molecule has 0 aliphatic heterocycles. The van der Waals surface area contributed by atoms with E-state index in [9.17, 15) is 0 Å². The Morgan fingerprint density at radius 1 is 1.29 bits per heavy atom. The summed E-state index contributed by atoms with van der Waals surface area (Å²) in [7, 11) is 0. The van der Waals surface area contributed by atoms with Crippen LogP contribution in [0.4, 0.5) is 11.5 Å². The molecule has 0 bridgehead atoms. The van der Waals surface area contributed by atoms with Gasteiger partial charge in [0.2, 0.25) is 0 Å². The molecule has 0 saturated heterocycles. The maximum atomic E-state index is 6.32. The van der Waals surface area contributed by atoms with Crippen LogP contribution in [0.2, 0.25) is 5.15 Å². The molecule has 0 spiro atoms. The van der Waals surface area contributed by atoms with Gasteiger partial charge in [-0.3, -0.25) is 10.1 Å². The van der Waals surface area contributed by atoms with Gasteiger partial charge in [0, 0.05) is 6.20 Å². The van der Waals surface area contributed by atoms with Gasteiger partial charge in [-0.15, -0.1) is 0 Å². The topological polar surface area (TPSA) is 84.3 Å². The summed E-state index contributed by atoms with van der Waals surface area (Å²) in [6.07, 6.45) is 7.03. The maximum absolute atomic E-state index is 6.32. The summed E-state index contributed by atoms with van der Waals surface area (Å²) >= 11 is 6.32. The lowest BCUT2D eigenvalue weighted by Crippen LogP contribution is -2.18.